The second-order valence-corrected chi connectivity index (χ2v) is 6.48. The predicted octanol–water partition coefficient (Wildman–Crippen LogP) is 2.52. The summed E-state index contributed by atoms with van der Waals surface area (Å²) < 4.78 is 0. The van der Waals surface area contributed by atoms with Gasteiger partial charge >= 0.3 is 0 Å². The summed E-state index contributed by atoms with van der Waals surface area (Å²) in [6, 6.07) is 1.34. The molecule has 0 amide bonds. The second kappa shape index (κ2) is 4.30. The van der Waals surface area contributed by atoms with Crippen LogP contribution in [0.3, 0.4) is 0 Å². The Morgan fingerprint density at radius 2 is 1.62 bits per heavy atom. The summed E-state index contributed by atoms with van der Waals surface area (Å²) in [5, 5.41) is 0. The van der Waals surface area contributed by atoms with E-state index in [0.717, 1.165) is 18.0 Å². The summed E-state index contributed by atoms with van der Waals surface area (Å²) in [4.78, 5) is 2.67. The fourth-order valence-corrected chi connectivity index (χ4v) is 4.35. The Morgan fingerprint density at radius 1 is 0.938 bits per heavy atom. The highest BCUT2D eigenvalue weighted by atomic mass is 15.2. The first-order valence-corrected chi connectivity index (χ1v) is 7.27. The summed E-state index contributed by atoms with van der Waals surface area (Å²) in [5.41, 5.74) is 6.80. The van der Waals surface area contributed by atoms with Gasteiger partial charge in [0.2, 0.25) is 0 Å². The average Bonchev–Trinajstić information content (AvgIpc) is 2.90. The summed E-state index contributed by atoms with van der Waals surface area (Å²) >= 11 is 0. The van der Waals surface area contributed by atoms with E-state index < -0.39 is 0 Å². The van der Waals surface area contributed by atoms with Crippen molar-refractivity contribution in [1.29, 1.82) is 0 Å². The molecule has 0 aromatic rings. The topological polar surface area (TPSA) is 29.3 Å². The summed E-state index contributed by atoms with van der Waals surface area (Å²) in [6.45, 7) is 2.43. The van der Waals surface area contributed by atoms with E-state index in [1.165, 1.54) is 64.3 Å². The Labute approximate surface area is 99.6 Å². The second-order valence-electron chi connectivity index (χ2n) is 6.48. The smallest absolute Gasteiger partial charge is 0.0180 e. The molecule has 3 fully saturated rings. The molecule has 16 heavy (non-hydrogen) atoms. The molecule has 2 aliphatic carbocycles. The van der Waals surface area contributed by atoms with E-state index in [9.17, 15) is 0 Å². The Bertz CT molecular complexity index is 235. The molecule has 1 unspecified atom stereocenters. The predicted molar refractivity (Wildman–Crippen MR) is 67.3 cm³/mol. The van der Waals surface area contributed by atoms with Crippen molar-refractivity contribution in [2.45, 2.75) is 69.9 Å². The van der Waals surface area contributed by atoms with Gasteiger partial charge in [-0.05, 0) is 50.4 Å². The number of hydrogen-bond donors (Lipinski definition) is 1. The summed E-state index contributed by atoms with van der Waals surface area (Å²) in [7, 11) is 0. The number of likely N-dealkylation sites (tertiary alicyclic amines) is 1. The van der Waals surface area contributed by atoms with E-state index in [-0.39, 0.29) is 0 Å². The van der Waals surface area contributed by atoms with Crippen molar-refractivity contribution in [2.24, 2.45) is 11.1 Å². The maximum Gasteiger partial charge on any atom is 0.0180 e. The highest BCUT2D eigenvalue weighted by Gasteiger charge is 2.39. The fraction of sp³-hybridized carbons (Fsp3) is 1.00. The molecule has 1 spiro atoms. The highest BCUT2D eigenvalue weighted by molar-refractivity contribution is 4.93. The zero-order chi connectivity index (χ0) is 11.0. The lowest BCUT2D eigenvalue weighted by atomic mass is 9.71. The first kappa shape index (κ1) is 11.0. The van der Waals surface area contributed by atoms with Gasteiger partial charge in [-0.2, -0.15) is 0 Å². The molecule has 0 radical (unpaired) electrons. The van der Waals surface area contributed by atoms with Crippen molar-refractivity contribution in [3.63, 3.8) is 0 Å². The van der Waals surface area contributed by atoms with Crippen LogP contribution < -0.4 is 5.73 Å². The zero-order valence-corrected chi connectivity index (χ0v) is 10.5. The van der Waals surface area contributed by atoms with Crippen molar-refractivity contribution >= 4 is 0 Å². The van der Waals surface area contributed by atoms with Crippen molar-refractivity contribution in [1.82, 2.24) is 4.90 Å². The molecule has 1 aliphatic heterocycles. The number of nitrogens with two attached hydrogens (primary N) is 1. The molecule has 3 rings (SSSR count). The lowest BCUT2D eigenvalue weighted by molar-refractivity contribution is 0.106. The van der Waals surface area contributed by atoms with Crippen LogP contribution in [0, 0.1) is 5.41 Å². The maximum absolute atomic E-state index is 6.01. The molecule has 2 heteroatoms. The van der Waals surface area contributed by atoms with Crippen molar-refractivity contribution < 1.29 is 0 Å². The highest BCUT2D eigenvalue weighted by Crippen LogP contribution is 2.49. The van der Waals surface area contributed by atoms with Crippen LogP contribution in [0.25, 0.3) is 0 Å². The Hall–Kier alpha value is -0.0800. The molecule has 1 atom stereocenters. The van der Waals surface area contributed by atoms with E-state index in [0.29, 0.717) is 6.04 Å². The Morgan fingerprint density at radius 3 is 2.19 bits per heavy atom. The van der Waals surface area contributed by atoms with Gasteiger partial charge in [0.15, 0.2) is 0 Å². The SMILES string of the molecule is NC1CCN(C2CCC3(CCCC3)CC2)C1. The van der Waals surface area contributed by atoms with Crippen LogP contribution in [-0.4, -0.2) is 30.1 Å². The molecule has 92 valence electrons. The normalized spacial score (nSPS) is 36.2. The molecular weight excluding hydrogens is 196 g/mol. The van der Waals surface area contributed by atoms with Crippen LogP contribution in [0.15, 0.2) is 0 Å². The number of hydrogen-bond acceptors (Lipinski definition) is 2. The lowest BCUT2D eigenvalue weighted by Crippen LogP contribution is -2.40. The lowest BCUT2D eigenvalue weighted by Gasteiger charge is -2.40. The van der Waals surface area contributed by atoms with Crippen LogP contribution in [0.2, 0.25) is 0 Å². The van der Waals surface area contributed by atoms with Gasteiger partial charge in [-0.25, -0.2) is 0 Å². The number of nitrogens with zero attached hydrogens (tertiary/aromatic N) is 1. The first-order valence-electron chi connectivity index (χ1n) is 7.27. The van der Waals surface area contributed by atoms with Crippen LogP contribution in [-0.2, 0) is 0 Å². The molecule has 3 aliphatic rings. The Balaban J connectivity index is 1.54. The molecule has 2 nitrogen and oxygen atoms in total. The molecular formula is C14H26N2. The average molecular weight is 222 g/mol. The minimum absolute atomic E-state index is 0.461. The number of rotatable bonds is 1. The third kappa shape index (κ3) is 2.02. The van der Waals surface area contributed by atoms with Crippen molar-refractivity contribution in [2.75, 3.05) is 13.1 Å². The van der Waals surface area contributed by atoms with Gasteiger partial charge in [0.25, 0.3) is 0 Å². The molecule has 1 saturated heterocycles. The van der Waals surface area contributed by atoms with Gasteiger partial charge in [-0.15, -0.1) is 0 Å². The van der Waals surface area contributed by atoms with Crippen LogP contribution in [0.5, 0.6) is 0 Å². The monoisotopic (exact) mass is 222 g/mol. The molecule has 2 saturated carbocycles. The van der Waals surface area contributed by atoms with Gasteiger partial charge in [0.1, 0.15) is 0 Å². The van der Waals surface area contributed by atoms with Gasteiger partial charge in [-0.3, -0.25) is 4.90 Å². The third-order valence-corrected chi connectivity index (χ3v) is 5.45. The quantitative estimate of drug-likeness (QED) is 0.738. The molecule has 0 aromatic heterocycles. The first-order chi connectivity index (χ1) is 7.77. The molecule has 1 heterocycles. The maximum atomic E-state index is 6.01. The fourth-order valence-electron chi connectivity index (χ4n) is 4.35. The largest absolute Gasteiger partial charge is 0.326 e. The van der Waals surface area contributed by atoms with E-state index >= 15 is 0 Å². The van der Waals surface area contributed by atoms with E-state index in [1.54, 1.807) is 0 Å². The molecule has 0 aromatic carbocycles. The summed E-state index contributed by atoms with van der Waals surface area (Å²) in [6.07, 6.45) is 13.2. The van der Waals surface area contributed by atoms with Crippen LogP contribution in [0.4, 0.5) is 0 Å². The van der Waals surface area contributed by atoms with Gasteiger partial charge in [-0.1, -0.05) is 12.8 Å². The van der Waals surface area contributed by atoms with Gasteiger partial charge in [0.05, 0.1) is 0 Å². The minimum Gasteiger partial charge on any atom is -0.326 e. The summed E-state index contributed by atoms with van der Waals surface area (Å²) in [5.74, 6) is 0. The van der Waals surface area contributed by atoms with Crippen LogP contribution in [0.1, 0.15) is 57.8 Å². The Kier molecular flexibility index (Phi) is 2.97. The van der Waals surface area contributed by atoms with E-state index in [4.69, 9.17) is 5.73 Å². The van der Waals surface area contributed by atoms with E-state index in [1.807, 2.05) is 0 Å². The van der Waals surface area contributed by atoms with Crippen molar-refractivity contribution in [3.05, 3.63) is 0 Å². The molecule has 0 bridgehead atoms. The van der Waals surface area contributed by atoms with Gasteiger partial charge in [0, 0.05) is 25.2 Å². The van der Waals surface area contributed by atoms with Gasteiger partial charge < -0.3 is 5.73 Å². The van der Waals surface area contributed by atoms with E-state index in [2.05, 4.69) is 4.90 Å². The van der Waals surface area contributed by atoms with Crippen molar-refractivity contribution in [3.8, 4) is 0 Å². The molecule has 2 N–H and O–H groups in total. The minimum atomic E-state index is 0.461. The third-order valence-electron chi connectivity index (χ3n) is 5.45. The standard InChI is InChI=1S/C14H26N2/c15-12-5-10-16(11-12)13-3-8-14(9-4-13)6-1-2-7-14/h12-13H,1-11,15H2. The van der Waals surface area contributed by atoms with Crippen LogP contribution >= 0.6 is 0 Å². The zero-order valence-electron chi connectivity index (χ0n) is 10.5.